The van der Waals surface area contributed by atoms with Crippen LogP contribution in [0, 0.1) is 6.92 Å². The average Bonchev–Trinajstić information content (AvgIpc) is 2.65. The maximum atomic E-state index is 12.4. The smallest absolute Gasteiger partial charge is 0.313 e. The van der Waals surface area contributed by atoms with Gasteiger partial charge >= 0.3 is 11.8 Å². The Kier molecular flexibility index (Phi) is 5.14. The molecule has 8 heteroatoms. The van der Waals surface area contributed by atoms with Crippen LogP contribution in [-0.4, -0.2) is 52.9 Å². The standard InChI is InChI=1S/C17H18ClN5O2/c1-12-13(18)4-2-5-14(12)21-15(24)16(25)22-8-10-23(11-9-22)17-19-6-3-7-20-17/h2-7H,8-11H2,1H3,(H,21,24). The molecule has 0 bridgehead atoms. The van der Waals surface area contributed by atoms with Crippen molar-refractivity contribution in [2.24, 2.45) is 0 Å². The molecule has 1 aromatic carbocycles. The predicted molar refractivity (Wildman–Crippen MR) is 95.6 cm³/mol. The number of halogens is 1. The van der Waals surface area contributed by atoms with E-state index in [2.05, 4.69) is 15.3 Å². The monoisotopic (exact) mass is 359 g/mol. The van der Waals surface area contributed by atoms with Gasteiger partial charge in [0.25, 0.3) is 0 Å². The fraction of sp³-hybridized carbons (Fsp3) is 0.294. The number of carbonyl (C=O) groups excluding carboxylic acids is 2. The summed E-state index contributed by atoms with van der Waals surface area (Å²) < 4.78 is 0. The van der Waals surface area contributed by atoms with Gasteiger partial charge in [0, 0.05) is 49.3 Å². The number of piperazine rings is 1. The molecule has 130 valence electrons. The number of benzene rings is 1. The van der Waals surface area contributed by atoms with Crippen LogP contribution in [0.3, 0.4) is 0 Å². The van der Waals surface area contributed by atoms with Gasteiger partial charge < -0.3 is 15.1 Å². The Bertz CT molecular complexity index is 776. The topological polar surface area (TPSA) is 78.4 Å². The summed E-state index contributed by atoms with van der Waals surface area (Å²) in [7, 11) is 0. The second-order valence-electron chi connectivity index (χ2n) is 5.69. The molecule has 0 radical (unpaired) electrons. The third-order valence-electron chi connectivity index (χ3n) is 4.11. The van der Waals surface area contributed by atoms with Gasteiger partial charge in [-0.15, -0.1) is 0 Å². The number of hydrogen-bond acceptors (Lipinski definition) is 5. The molecule has 0 saturated carbocycles. The van der Waals surface area contributed by atoms with Gasteiger partial charge in [0.05, 0.1) is 0 Å². The zero-order valence-electron chi connectivity index (χ0n) is 13.8. The number of hydrogen-bond donors (Lipinski definition) is 1. The van der Waals surface area contributed by atoms with Crippen LogP contribution in [0.5, 0.6) is 0 Å². The first-order chi connectivity index (χ1) is 12.1. The van der Waals surface area contributed by atoms with Crippen molar-refractivity contribution in [2.75, 3.05) is 36.4 Å². The van der Waals surface area contributed by atoms with Crippen LogP contribution in [0.25, 0.3) is 0 Å². The second kappa shape index (κ2) is 7.48. The van der Waals surface area contributed by atoms with Gasteiger partial charge in [-0.1, -0.05) is 17.7 Å². The highest BCUT2D eigenvalue weighted by Crippen LogP contribution is 2.23. The minimum Gasteiger partial charge on any atom is -0.337 e. The van der Waals surface area contributed by atoms with E-state index < -0.39 is 11.8 Å². The van der Waals surface area contributed by atoms with Gasteiger partial charge in [0.15, 0.2) is 0 Å². The van der Waals surface area contributed by atoms with E-state index in [4.69, 9.17) is 11.6 Å². The van der Waals surface area contributed by atoms with Crippen molar-refractivity contribution >= 4 is 35.1 Å². The van der Waals surface area contributed by atoms with Crippen molar-refractivity contribution in [2.45, 2.75) is 6.92 Å². The third-order valence-corrected chi connectivity index (χ3v) is 4.52. The van der Waals surface area contributed by atoms with Crippen LogP contribution in [-0.2, 0) is 9.59 Å². The zero-order chi connectivity index (χ0) is 17.8. The molecule has 1 N–H and O–H groups in total. The first-order valence-electron chi connectivity index (χ1n) is 7.93. The molecule has 3 rings (SSSR count). The highest BCUT2D eigenvalue weighted by atomic mass is 35.5. The number of amides is 2. The van der Waals surface area contributed by atoms with E-state index in [9.17, 15) is 9.59 Å². The van der Waals surface area contributed by atoms with Crippen molar-refractivity contribution in [3.63, 3.8) is 0 Å². The molecule has 0 atom stereocenters. The minimum absolute atomic E-state index is 0.443. The Morgan fingerprint density at radius 1 is 1.08 bits per heavy atom. The van der Waals surface area contributed by atoms with Crippen LogP contribution in [0.2, 0.25) is 5.02 Å². The molecule has 1 aromatic heterocycles. The van der Waals surface area contributed by atoms with E-state index in [-0.39, 0.29) is 0 Å². The van der Waals surface area contributed by atoms with Crippen LogP contribution in [0.1, 0.15) is 5.56 Å². The molecule has 2 aromatic rings. The maximum absolute atomic E-state index is 12.4. The molecule has 1 saturated heterocycles. The highest BCUT2D eigenvalue weighted by molar-refractivity contribution is 6.40. The number of carbonyl (C=O) groups is 2. The molecule has 0 aliphatic carbocycles. The normalized spacial score (nSPS) is 14.3. The Balaban J connectivity index is 1.59. The molecule has 0 unspecified atom stereocenters. The molecule has 7 nitrogen and oxygen atoms in total. The maximum Gasteiger partial charge on any atom is 0.313 e. The van der Waals surface area contributed by atoms with Gasteiger partial charge in [-0.25, -0.2) is 9.97 Å². The Morgan fingerprint density at radius 2 is 1.76 bits per heavy atom. The molecular weight excluding hydrogens is 342 g/mol. The van der Waals surface area contributed by atoms with Crippen LogP contribution >= 0.6 is 11.6 Å². The van der Waals surface area contributed by atoms with E-state index in [0.717, 1.165) is 5.56 Å². The van der Waals surface area contributed by atoms with Crippen molar-refractivity contribution in [1.82, 2.24) is 14.9 Å². The molecule has 0 spiro atoms. The van der Waals surface area contributed by atoms with Gasteiger partial charge in [-0.3, -0.25) is 9.59 Å². The lowest BCUT2D eigenvalue weighted by molar-refractivity contribution is -0.143. The van der Waals surface area contributed by atoms with E-state index in [1.165, 1.54) is 4.90 Å². The molecular formula is C17H18ClN5O2. The van der Waals surface area contributed by atoms with Crippen LogP contribution in [0.4, 0.5) is 11.6 Å². The van der Waals surface area contributed by atoms with Gasteiger partial charge in [0.2, 0.25) is 5.95 Å². The summed E-state index contributed by atoms with van der Waals surface area (Å²) in [4.78, 5) is 36.5. The second-order valence-corrected chi connectivity index (χ2v) is 6.10. The summed E-state index contributed by atoms with van der Waals surface area (Å²) in [5.74, 6) is -0.573. The number of anilines is 2. The first kappa shape index (κ1) is 17.2. The number of aromatic nitrogens is 2. The number of rotatable bonds is 2. The molecule has 2 heterocycles. The third kappa shape index (κ3) is 3.88. The molecule has 1 aliphatic rings. The van der Waals surface area contributed by atoms with Crippen molar-refractivity contribution in [3.05, 3.63) is 47.2 Å². The summed E-state index contributed by atoms with van der Waals surface area (Å²) >= 11 is 6.04. The summed E-state index contributed by atoms with van der Waals surface area (Å²) in [6.07, 6.45) is 3.36. The van der Waals surface area contributed by atoms with E-state index >= 15 is 0 Å². The molecule has 25 heavy (non-hydrogen) atoms. The number of nitrogens with zero attached hydrogens (tertiary/aromatic N) is 4. The Morgan fingerprint density at radius 3 is 2.44 bits per heavy atom. The summed E-state index contributed by atoms with van der Waals surface area (Å²) in [5.41, 5.74) is 1.28. The summed E-state index contributed by atoms with van der Waals surface area (Å²) in [6, 6.07) is 6.94. The highest BCUT2D eigenvalue weighted by Gasteiger charge is 2.27. The predicted octanol–water partition coefficient (Wildman–Crippen LogP) is 1.73. The number of nitrogens with one attached hydrogen (secondary N) is 1. The van der Waals surface area contributed by atoms with Crippen LogP contribution in [0.15, 0.2) is 36.7 Å². The first-order valence-corrected chi connectivity index (χ1v) is 8.31. The summed E-state index contributed by atoms with van der Waals surface area (Å²) in [5, 5.41) is 3.18. The van der Waals surface area contributed by atoms with Gasteiger partial charge in [-0.2, -0.15) is 0 Å². The van der Waals surface area contributed by atoms with E-state index in [1.54, 1.807) is 43.6 Å². The summed E-state index contributed by atoms with van der Waals surface area (Å²) in [6.45, 7) is 3.84. The largest absolute Gasteiger partial charge is 0.337 e. The van der Waals surface area contributed by atoms with Gasteiger partial charge in [0.1, 0.15) is 0 Å². The molecule has 2 amide bonds. The van der Waals surface area contributed by atoms with Gasteiger partial charge in [-0.05, 0) is 30.7 Å². The SMILES string of the molecule is Cc1c(Cl)cccc1NC(=O)C(=O)N1CCN(c2ncccn2)CC1. The van der Waals surface area contributed by atoms with Crippen molar-refractivity contribution in [1.29, 1.82) is 0 Å². The van der Waals surface area contributed by atoms with Crippen molar-refractivity contribution in [3.8, 4) is 0 Å². The van der Waals surface area contributed by atoms with E-state index in [1.807, 2.05) is 4.90 Å². The average molecular weight is 360 g/mol. The van der Waals surface area contributed by atoms with Crippen molar-refractivity contribution < 1.29 is 9.59 Å². The Hall–Kier alpha value is -2.67. The molecule has 1 fully saturated rings. The van der Waals surface area contributed by atoms with E-state index in [0.29, 0.717) is 42.8 Å². The quantitative estimate of drug-likeness (QED) is 0.826. The van der Waals surface area contributed by atoms with Crippen LogP contribution < -0.4 is 10.2 Å². The molecule has 1 aliphatic heterocycles. The lowest BCUT2D eigenvalue weighted by Gasteiger charge is -2.34. The fourth-order valence-corrected chi connectivity index (χ4v) is 2.80. The minimum atomic E-state index is -0.658. The lowest BCUT2D eigenvalue weighted by atomic mass is 10.2. The fourth-order valence-electron chi connectivity index (χ4n) is 2.63. The Labute approximate surface area is 150 Å². The lowest BCUT2D eigenvalue weighted by Crippen LogP contribution is -2.52. The zero-order valence-corrected chi connectivity index (χ0v) is 14.5.